The van der Waals surface area contributed by atoms with Crippen molar-refractivity contribution < 1.29 is 9.47 Å². The van der Waals surface area contributed by atoms with Crippen molar-refractivity contribution in [2.24, 2.45) is 0 Å². The third kappa shape index (κ3) is 2.94. The predicted octanol–water partition coefficient (Wildman–Crippen LogP) is 1.74. The van der Waals surface area contributed by atoms with E-state index in [1.54, 1.807) is 0 Å². The van der Waals surface area contributed by atoms with Gasteiger partial charge in [-0.25, -0.2) is 0 Å². The molecule has 0 bridgehead atoms. The summed E-state index contributed by atoms with van der Waals surface area (Å²) in [5.41, 5.74) is 0. The van der Waals surface area contributed by atoms with Gasteiger partial charge < -0.3 is 9.47 Å². The fourth-order valence-corrected chi connectivity index (χ4v) is 1.63. The van der Waals surface area contributed by atoms with Crippen molar-refractivity contribution in [2.45, 2.75) is 13.0 Å². The van der Waals surface area contributed by atoms with Gasteiger partial charge in [-0.15, -0.1) is 0 Å². The summed E-state index contributed by atoms with van der Waals surface area (Å²) in [4.78, 5) is 2.29. The summed E-state index contributed by atoms with van der Waals surface area (Å²) in [5, 5.41) is 0. The molecule has 1 saturated heterocycles. The van der Waals surface area contributed by atoms with Gasteiger partial charge in [0.1, 0.15) is 12.5 Å². The molecule has 2 rings (SSSR count). The average Bonchev–Trinajstić information content (AvgIpc) is 2.29. The minimum Gasteiger partial charge on any atom is -0.478 e. The Morgan fingerprint density at radius 2 is 2.20 bits per heavy atom. The number of nitrogens with zero attached hydrogens (tertiary/aromatic N) is 1. The summed E-state index contributed by atoms with van der Waals surface area (Å²) in [6, 6.07) is 10.4. The Labute approximate surface area is 90.6 Å². The molecule has 3 nitrogen and oxygen atoms in total. The predicted molar refractivity (Wildman–Crippen MR) is 58.9 cm³/mol. The Hall–Kier alpha value is -1.06. The lowest BCUT2D eigenvalue weighted by Gasteiger charge is -2.32. The first-order valence-corrected chi connectivity index (χ1v) is 5.36. The molecule has 0 amide bonds. The van der Waals surface area contributed by atoms with Gasteiger partial charge in [0.15, 0.2) is 0 Å². The average molecular weight is 207 g/mol. The van der Waals surface area contributed by atoms with E-state index in [0.29, 0.717) is 12.8 Å². The molecular weight excluding hydrogens is 190 g/mol. The van der Waals surface area contributed by atoms with Gasteiger partial charge >= 0.3 is 0 Å². The van der Waals surface area contributed by atoms with Gasteiger partial charge in [0.05, 0.1) is 13.2 Å². The Balaban J connectivity index is 1.82. The summed E-state index contributed by atoms with van der Waals surface area (Å²) >= 11 is 0. The van der Waals surface area contributed by atoms with Gasteiger partial charge in [0, 0.05) is 12.6 Å². The van der Waals surface area contributed by atoms with E-state index >= 15 is 0 Å². The van der Waals surface area contributed by atoms with E-state index in [0.717, 1.165) is 25.5 Å². The Bertz CT molecular complexity index is 289. The van der Waals surface area contributed by atoms with Gasteiger partial charge in [-0.1, -0.05) is 18.2 Å². The standard InChI is InChI=1S/C12H17NO2/c1-11-9-14-8-7-13(11)10-15-12-5-3-2-4-6-12/h2-6,11H,7-10H2,1H3. The number of para-hydroxylation sites is 1. The van der Waals surface area contributed by atoms with Crippen LogP contribution in [0.4, 0.5) is 0 Å². The highest BCUT2D eigenvalue weighted by atomic mass is 16.5. The van der Waals surface area contributed by atoms with Crippen molar-refractivity contribution in [1.82, 2.24) is 4.90 Å². The van der Waals surface area contributed by atoms with E-state index in [9.17, 15) is 0 Å². The van der Waals surface area contributed by atoms with Crippen LogP contribution in [0.5, 0.6) is 5.75 Å². The third-order valence-electron chi connectivity index (χ3n) is 2.65. The first-order chi connectivity index (χ1) is 7.36. The number of rotatable bonds is 3. The van der Waals surface area contributed by atoms with E-state index in [1.807, 2.05) is 30.3 Å². The second kappa shape index (κ2) is 5.14. The van der Waals surface area contributed by atoms with Gasteiger partial charge in [-0.2, -0.15) is 0 Å². The molecule has 0 spiro atoms. The van der Waals surface area contributed by atoms with Gasteiger partial charge in [0.25, 0.3) is 0 Å². The lowest BCUT2D eigenvalue weighted by atomic mass is 10.3. The molecule has 0 aromatic heterocycles. The lowest BCUT2D eigenvalue weighted by Crippen LogP contribution is -2.45. The van der Waals surface area contributed by atoms with E-state index in [-0.39, 0.29) is 0 Å². The highest BCUT2D eigenvalue weighted by molar-refractivity contribution is 5.20. The Kier molecular flexibility index (Phi) is 3.59. The van der Waals surface area contributed by atoms with Crippen LogP contribution in [0.3, 0.4) is 0 Å². The van der Waals surface area contributed by atoms with Crippen LogP contribution in [-0.2, 0) is 4.74 Å². The van der Waals surface area contributed by atoms with Gasteiger partial charge in [-0.3, -0.25) is 4.90 Å². The molecule has 1 heterocycles. The normalized spacial score (nSPS) is 22.6. The Morgan fingerprint density at radius 1 is 1.40 bits per heavy atom. The minimum atomic E-state index is 0.447. The van der Waals surface area contributed by atoms with Crippen LogP contribution in [0.25, 0.3) is 0 Å². The zero-order valence-electron chi connectivity index (χ0n) is 9.06. The molecule has 0 saturated carbocycles. The molecule has 1 aromatic rings. The van der Waals surface area contributed by atoms with Crippen molar-refractivity contribution in [3.05, 3.63) is 30.3 Å². The highest BCUT2D eigenvalue weighted by Crippen LogP contribution is 2.11. The van der Waals surface area contributed by atoms with E-state index in [2.05, 4.69) is 11.8 Å². The fourth-order valence-electron chi connectivity index (χ4n) is 1.63. The monoisotopic (exact) mass is 207 g/mol. The zero-order valence-corrected chi connectivity index (χ0v) is 9.06. The maximum Gasteiger partial charge on any atom is 0.142 e. The van der Waals surface area contributed by atoms with Crippen molar-refractivity contribution in [3.63, 3.8) is 0 Å². The van der Waals surface area contributed by atoms with Crippen molar-refractivity contribution in [3.8, 4) is 5.75 Å². The first-order valence-electron chi connectivity index (χ1n) is 5.36. The third-order valence-corrected chi connectivity index (χ3v) is 2.65. The van der Waals surface area contributed by atoms with Crippen LogP contribution in [-0.4, -0.2) is 37.4 Å². The molecule has 1 aliphatic heterocycles. The van der Waals surface area contributed by atoms with Crippen LogP contribution in [0.2, 0.25) is 0 Å². The number of benzene rings is 1. The molecule has 1 unspecified atom stereocenters. The minimum absolute atomic E-state index is 0.447. The smallest absolute Gasteiger partial charge is 0.142 e. The quantitative estimate of drug-likeness (QED) is 0.753. The molecule has 0 aliphatic carbocycles. The van der Waals surface area contributed by atoms with E-state index < -0.39 is 0 Å². The summed E-state index contributed by atoms with van der Waals surface area (Å²) in [5.74, 6) is 0.927. The highest BCUT2D eigenvalue weighted by Gasteiger charge is 2.18. The zero-order chi connectivity index (χ0) is 10.5. The first kappa shape index (κ1) is 10.5. The molecule has 15 heavy (non-hydrogen) atoms. The molecule has 0 radical (unpaired) electrons. The summed E-state index contributed by atoms with van der Waals surface area (Å²) < 4.78 is 11.1. The van der Waals surface area contributed by atoms with E-state index in [4.69, 9.17) is 9.47 Å². The maximum absolute atomic E-state index is 5.69. The molecule has 3 heteroatoms. The second-order valence-corrected chi connectivity index (χ2v) is 3.82. The Morgan fingerprint density at radius 3 is 2.93 bits per heavy atom. The van der Waals surface area contributed by atoms with Crippen LogP contribution in [0, 0.1) is 0 Å². The van der Waals surface area contributed by atoms with Crippen LogP contribution < -0.4 is 4.74 Å². The van der Waals surface area contributed by atoms with Gasteiger partial charge in [-0.05, 0) is 19.1 Å². The molecular formula is C12H17NO2. The molecule has 1 atom stereocenters. The SMILES string of the molecule is CC1COCCN1COc1ccccc1. The summed E-state index contributed by atoms with van der Waals surface area (Å²) in [6.45, 7) is 5.37. The number of hydrogen-bond acceptors (Lipinski definition) is 3. The lowest BCUT2D eigenvalue weighted by molar-refractivity contribution is -0.0320. The topological polar surface area (TPSA) is 21.7 Å². The molecule has 0 N–H and O–H groups in total. The van der Waals surface area contributed by atoms with Crippen LogP contribution >= 0.6 is 0 Å². The van der Waals surface area contributed by atoms with Crippen LogP contribution in [0.1, 0.15) is 6.92 Å². The summed E-state index contributed by atoms with van der Waals surface area (Å²) in [6.07, 6.45) is 0. The van der Waals surface area contributed by atoms with Gasteiger partial charge in [0.2, 0.25) is 0 Å². The largest absolute Gasteiger partial charge is 0.478 e. The number of ether oxygens (including phenoxy) is 2. The molecule has 1 aromatic carbocycles. The van der Waals surface area contributed by atoms with Crippen molar-refractivity contribution in [2.75, 3.05) is 26.5 Å². The molecule has 1 fully saturated rings. The number of hydrogen-bond donors (Lipinski definition) is 0. The fraction of sp³-hybridized carbons (Fsp3) is 0.500. The molecule has 1 aliphatic rings. The van der Waals surface area contributed by atoms with Crippen molar-refractivity contribution >= 4 is 0 Å². The van der Waals surface area contributed by atoms with Crippen molar-refractivity contribution in [1.29, 1.82) is 0 Å². The van der Waals surface area contributed by atoms with E-state index in [1.165, 1.54) is 0 Å². The maximum atomic E-state index is 5.69. The summed E-state index contributed by atoms with van der Waals surface area (Å²) in [7, 11) is 0. The van der Waals surface area contributed by atoms with Crippen LogP contribution in [0.15, 0.2) is 30.3 Å². The second-order valence-electron chi connectivity index (χ2n) is 3.82. The molecule has 82 valence electrons. The number of morpholine rings is 1.